The van der Waals surface area contributed by atoms with Crippen molar-refractivity contribution >= 4 is 11.6 Å². The Labute approximate surface area is 118 Å². The average Bonchev–Trinajstić information content (AvgIpc) is 2.47. The molecule has 106 valence electrons. The number of nitrogens with two attached hydrogens (primary N) is 1. The Morgan fingerprint density at radius 3 is 2.70 bits per heavy atom. The second kappa shape index (κ2) is 6.29. The van der Waals surface area contributed by atoms with Crippen molar-refractivity contribution in [1.82, 2.24) is 5.32 Å². The van der Waals surface area contributed by atoms with Crippen LogP contribution in [0.5, 0.6) is 5.75 Å². The molecule has 20 heavy (non-hydrogen) atoms. The normalized spacial score (nSPS) is 21.8. The fraction of sp³-hybridized carbons (Fsp3) is 0.467. The highest BCUT2D eigenvalue weighted by Gasteiger charge is 2.27. The van der Waals surface area contributed by atoms with E-state index in [1.807, 2.05) is 0 Å². The van der Waals surface area contributed by atoms with Crippen LogP contribution in [0.25, 0.3) is 0 Å². The van der Waals surface area contributed by atoms with Gasteiger partial charge in [0.1, 0.15) is 17.4 Å². The Bertz CT molecular complexity index is 528. The minimum atomic E-state index is 0.0461. The van der Waals surface area contributed by atoms with Crippen molar-refractivity contribution in [3.8, 4) is 11.8 Å². The monoisotopic (exact) mass is 273 g/mol. The number of hydrogen-bond acceptors (Lipinski definition) is 4. The number of nitrogen functional groups attached to an aromatic ring is 1. The van der Waals surface area contributed by atoms with Gasteiger partial charge in [-0.25, -0.2) is 0 Å². The van der Waals surface area contributed by atoms with E-state index in [0.29, 0.717) is 17.0 Å². The zero-order valence-corrected chi connectivity index (χ0v) is 11.6. The molecular formula is C15H19N3O2. The maximum atomic E-state index is 11.6. The molecule has 1 amide bonds. The van der Waals surface area contributed by atoms with Crippen LogP contribution in [-0.4, -0.2) is 19.1 Å². The number of carbonyl (C=O) groups is 1. The van der Waals surface area contributed by atoms with Crippen LogP contribution in [0.15, 0.2) is 18.2 Å². The number of anilines is 1. The maximum Gasteiger partial charge on any atom is 0.222 e. The summed E-state index contributed by atoms with van der Waals surface area (Å²) in [6.45, 7) is 0. The standard InChI is InChI=1S/C15H19N3O2/c1-18-15(19)10-5-7-11(8-6-10)20-14-4-2-3-13(17)12(14)9-16/h2-4,10-11H,5-8,17H2,1H3,(H,18,19). The summed E-state index contributed by atoms with van der Waals surface area (Å²) in [5.41, 5.74) is 6.59. The van der Waals surface area contributed by atoms with Gasteiger partial charge in [-0.2, -0.15) is 5.26 Å². The molecule has 0 radical (unpaired) electrons. The second-order valence-corrected chi connectivity index (χ2v) is 5.04. The first kappa shape index (κ1) is 14.2. The number of benzene rings is 1. The van der Waals surface area contributed by atoms with E-state index in [1.54, 1.807) is 25.2 Å². The molecule has 0 atom stereocenters. The largest absolute Gasteiger partial charge is 0.489 e. The molecule has 1 aliphatic carbocycles. The molecule has 2 rings (SSSR count). The Morgan fingerprint density at radius 2 is 2.10 bits per heavy atom. The quantitative estimate of drug-likeness (QED) is 0.822. The molecule has 1 aliphatic rings. The molecule has 1 saturated carbocycles. The highest BCUT2D eigenvalue weighted by Crippen LogP contribution is 2.30. The minimum absolute atomic E-state index is 0.0461. The van der Waals surface area contributed by atoms with Gasteiger partial charge in [0.05, 0.1) is 11.8 Å². The van der Waals surface area contributed by atoms with Gasteiger partial charge >= 0.3 is 0 Å². The van der Waals surface area contributed by atoms with Crippen LogP contribution in [0, 0.1) is 17.2 Å². The summed E-state index contributed by atoms with van der Waals surface area (Å²) in [7, 11) is 1.66. The minimum Gasteiger partial charge on any atom is -0.489 e. The third-order valence-electron chi connectivity index (χ3n) is 3.76. The molecule has 1 aromatic rings. The molecule has 5 heteroatoms. The molecule has 0 aliphatic heterocycles. The Kier molecular flexibility index (Phi) is 4.46. The third kappa shape index (κ3) is 3.02. The zero-order chi connectivity index (χ0) is 14.5. The van der Waals surface area contributed by atoms with E-state index in [-0.39, 0.29) is 17.9 Å². The predicted molar refractivity (Wildman–Crippen MR) is 76.0 cm³/mol. The molecule has 5 nitrogen and oxygen atoms in total. The maximum absolute atomic E-state index is 11.6. The van der Waals surface area contributed by atoms with Crippen molar-refractivity contribution < 1.29 is 9.53 Å². The van der Waals surface area contributed by atoms with Gasteiger partial charge in [0.25, 0.3) is 0 Å². The fourth-order valence-electron chi connectivity index (χ4n) is 2.59. The van der Waals surface area contributed by atoms with Crippen molar-refractivity contribution in [2.75, 3.05) is 12.8 Å². The van der Waals surface area contributed by atoms with Gasteiger partial charge in [0.2, 0.25) is 5.91 Å². The number of hydrogen-bond donors (Lipinski definition) is 2. The molecular weight excluding hydrogens is 254 g/mol. The first-order valence-corrected chi connectivity index (χ1v) is 6.82. The third-order valence-corrected chi connectivity index (χ3v) is 3.76. The first-order valence-electron chi connectivity index (χ1n) is 6.82. The molecule has 0 saturated heterocycles. The number of rotatable bonds is 3. The summed E-state index contributed by atoms with van der Waals surface area (Å²) in [5.74, 6) is 0.720. The summed E-state index contributed by atoms with van der Waals surface area (Å²) >= 11 is 0. The van der Waals surface area contributed by atoms with Gasteiger partial charge in [-0.1, -0.05) is 6.07 Å². The number of nitriles is 1. The Morgan fingerprint density at radius 1 is 1.40 bits per heavy atom. The molecule has 3 N–H and O–H groups in total. The van der Waals surface area contributed by atoms with Gasteiger partial charge in [0.15, 0.2) is 0 Å². The SMILES string of the molecule is CNC(=O)C1CCC(Oc2cccc(N)c2C#N)CC1. The van der Waals surface area contributed by atoms with E-state index in [4.69, 9.17) is 15.7 Å². The van der Waals surface area contributed by atoms with Gasteiger partial charge < -0.3 is 15.8 Å². The highest BCUT2D eigenvalue weighted by atomic mass is 16.5. The zero-order valence-electron chi connectivity index (χ0n) is 11.6. The number of ether oxygens (including phenoxy) is 1. The van der Waals surface area contributed by atoms with Crippen molar-refractivity contribution in [2.45, 2.75) is 31.8 Å². The number of nitrogens with zero attached hydrogens (tertiary/aromatic N) is 1. The van der Waals surface area contributed by atoms with E-state index in [0.717, 1.165) is 25.7 Å². The van der Waals surface area contributed by atoms with Crippen LogP contribution in [-0.2, 0) is 4.79 Å². The molecule has 0 heterocycles. The lowest BCUT2D eigenvalue weighted by Crippen LogP contribution is -2.33. The Balaban J connectivity index is 1.98. The lowest BCUT2D eigenvalue weighted by molar-refractivity contribution is -0.125. The lowest BCUT2D eigenvalue weighted by atomic mass is 9.87. The average molecular weight is 273 g/mol. The van der Waals surface area contributed by atoms with Crippen molar-refractivity contribution in [2.24, 2.45) is 5.92 Å². The summed E-state index contributed by atoms with van der Waals surface area (Å²) in [6, 6.07) is 7.31. The number of nitrogens with one attached hydrogen (secondary N) is 1. The highest BCUT2D eigenvalue weighted by molar-refractivity contribution is 5.78. The summed E-state index contributed by atoms with van der Waals surface area (Å²) in [4.78, 5) is 11.6. The molecule has 1 fully saturated rings. The summed E-state index contributed by atoms with van der Waals surface area (Å²) < 4.78 is 5.89. The molecule has 0 aromatic heterocycles. The molecule has 0 unspecified atom stereocenters. The van der Waals surface area contributed by atoms with Crippen molar-refractivity contribution in [3.05, 3.63) is 23.8 Å². The van der Waals surface area contributed by atoms with Crippen LogP contribution < -0.4 is 15.8 Å². The van der Waals surface area contributed by atoms with Gasteiger partial charge in [-0.3, -0.25) is 4.79 Å². The van der Waals surface area contributed by atoms with Gasteiger partial charge in [0, 0.05) is 13.0 Å². The van der Waals surface area contributed by atoms with E-state index in [2.05, 4.69) is 11.4 Å². The first-order chi connectivity index (χ1) is 9.65. The number of carbonyl (C=O) groups excluding carboxylic acids is 1. The van der Waals surface area contributed by atoms with Crippen LogP contribution in [0.3, 0.4) is 0 Å². The topological polar surface area (TPSA) is 88.1 Å². The van der Waals surface area contributed by atoms with Crippen molar-refractivity contribution in [1.29, 1.82) is 5.26 Å². The number of amides is 1. The second-order valence-electron chi connectivity index (χ2n) is 5.04. The van der Waals surface area contributed by atoms with Gasteiger partial charge in [-0.15, -0.1) is 0 Å². The molecule has 0 spiro atoms. The lowest BCUT2D eigenvalue weighted by Gasteiger charge is -2.28. The van der Waals surface area contributed by atoms with Crippen LogP contribution in [0.1, 0.15) is 31.2 Å². The molecule has 1 aromatic carbocycles. The fourth-order valence-corrected chi connectivity index (χ4v) is 2.59. The van der Waals surface area contributed by atoms with Crippen LogP contribution in [0.4, 0.5) is 5.69 Å². The van der Waals surface area contributed by atoms with E-state index < -0.39 is 0 Å². The van der Waals surface area contributed by atoms with E-state index in [1.165, 1.54) is 0 Å². The van der Waals surface area contributed by atoms with E-state index in [9.17, 15) is 4.79 Å². The summed E-state index contributed by atoms with van der Waals surface area (Å²) in [5, 5.41) is 11.8. The van der Waals surface area contributed by atoms with E-state index >= 15 is 0 Å². The van der Waals surface area contributed by atoms with Crippen LogP contribution >= 0.6 is 0 Å². The van der Waals surface area contributed by atoms with Crippen LogP contribution in [0.2, 0.25) is 0 Å². The Hall–Kier alpha value is -2.22. The predicted octanol–water partition coefficient (Wildman–Crippen LogP) is 1.82. The smallest absolute Gasteiger partial charge is 0.222 e. The van der Waals surface area contributed by atoms with Gasteiger partial charge in [-0.05, 0) is 37.8 Å². The summed E-state index contributed by atoms with van der Waals surface area (Å²) in [6.07, 6.45) is 3.31. The molecule has 0 bridgehead atoms. The van der Waals surface area contributed by atoms with Crippen molar-refractivity contribution in [3.63, 3.8) is 0 Å².